The number of ether oxygens (including phenoxy) is 2. The van der Waals surface area contributed by atoms with Crippen LogP contribution in [-0.4, -0.2) is 33.1 Å². The molecule has 0 amide bonds. The second-order valence-corrected chi connectivity index (χ2v) is 4.67. The Balaban J connectivity index is 2.33. The molecule has 2 unspecified atom stereocenters. The van der Waals surface area contributed by atoms with E-state index in [1.165, 1.54) is 0 Å². The Bertz CT molecular complexity index is 445. The van der Waals surface area contributed by atoms with Crippen LogP contribution in [0.25, 0.3) is 0 Å². The molecule has 1 aliphatic heterocycles. The highest BCUT2D eigenvalue weighted by molar-refractivity contribution is 6.01. The highest BCUT2D eigenvalue weighted by Gasteiger charge is 2.31. The van der Waals surface area contributed by atoms with Crippen molar-refractivity contribution in [2.75, 3.05) is 27.3 Å². The van der Waals surface area contributed by atoms with Gasteiger partial charge in [-0.25, -0.2) is 0 Å². The number of ketones is 1. The molecule has 1 aromatic rings. The predicted molar refractivity (Wildman–Crippen MR) is 69.4 cm³/mol. The monoisotopic (exact) mass is 249 g/mol. The van der Waals surface area contributed by atoms with Crippen LogP contribution in [0.4, 0.5) is 0 Å². The largest absolute Gasteiger partial charge is 0.497 e. The summed E-state index contributed by atoms with van der Waals surface area (Å²) in [6.45, 7) is 3.72. The van der Waals surface area contributed by atoms with E-state index < -0.39 is 0 Å². The molecule has 0 radical (unpaired) electrons. The molecular formula is C14H19NO3. The normalized spacial score (nSPS) is 22.8. The van der Waals surface area contributed by atoms with E-state index >= 15 is 0 Å². The van der Waals surface area contributed by atoms with E-state index in [2.05, 4.69) is 12.2 Å². The van der Waals surface area contributed by atoms with Crippen molar-refractivity contribution < 1.29 is 14.3 Å². The van der Waals surface area contributed by atoms with Crippen LogP contribution in [-0.2, 0) is 0 Å². The molecule has 1 aromatic carbocycles. The molecule has 0 bridgehead atoms. The van der Waals surface area contributed by atoms with Crippen molar-refractivity contribution >= 4 is 5.78 Å². The molecule has 0 spiro atoms. The summed E-state index contributed by atoms with van der Waals surface area (Å²) in [5, 5.41) is 3.25. The molecule has 18 heavy (non-hydrogen) atoms. The summed E-state index contributed by atoms with van der Waals surface area (Å²) in [7, 11) is 3.17. The van der Waals surface area contributed by atoms with Crippen LogP contribution in [0.3, 0.4) is 0 Å². The summed E-state index contributed by atoms with van der Waals surface area (Å²) in [5.74, 6) is 1.79. The minimum Gasteiger partial charge on any atom is -0.497 e. The van der Waals surface area contributed by atoms with Gasteiger partial charge in [-0.05, 0) is 30.7 Å². The smallest absolute Gasteiger partial charge is 0.171 e. The number of methoxy groups -OCH3 is 2. The first-order valence-electron chi connectivity index (χ1n) is 6.14. The molecule has 2 rings (SSSR count). The number of hydrogen-bond donors (Lipinski definition) is 1. The van der Waals surface area contributed by atoms with Crippen molar-refractivity contribution in [2.24, 2.45) is 11.8 Å². The van der Waals surface area contributed by atoms with Crippen molar-refractivity contribution in [3.05, 3.63) is 23.8 Å². The van der Waals surface area contributed by atoms with Gasteiger partial charge in [-0.2, -0.15) is 0 Å². The maximum absolute atomic E-state index is 12.5. The minimum atomic E-state index is 0.0195. The lowest BCUT2D eigenvalue weighted by Crippen LogP contribution is -2.22. The highest BCUT2D eigenvalue weighted by atomic mass is 16.5. The standard InChI is InChI=1S/C14H19NO3/c1-9-7-15-8-12(9)14(16)11-6-10(17-2)4-5-13(11)18-3/h4-6,9,12,15H,7-8H2,1-3H3. The van der Waals surface area contributed by atoms with Gasteiger partial charge >= 0.3 is 0 Å². The fraction of sp³-hybridized carbons (Fsp3) is 0.500. The third kappa shape index (κ3) is 2.34. The Labute approximate surface area is 107 Å². The molecule has 1 aliphatic rings. The molecule has 2 atom stereocenters. The molecule has 1 heterocycles. The van der Waals surface area contributed by atoms with Crippen molar-refractivity contribution in [1.82, 2.24) is 5.32 Å². The van der Waals surface area contributed by atoms with Gasteiger partial charge < -0.3 is 14.8 Å². The van der Waals surface area contributed by atoms with E-state index in [0.717, 1.165) is 13.1 Å². The number of nitrogens with one attached hydrogen (secondary N) is 1. The molecular weight excluding hydrogens is 230 g/mol. The van der Waals surface area contributed by atoms with E-state index in [9.17, 15) is 4.79 Å². The average Bonchev–Trinajstić information content (AvgIpc) is 2.83. The average molecular weight is 249 g/mol. The molecule has 0 saturated carbocycles. The molecule has 1 saturated heterocycles. The molecule has 1 fully saturated rings. The minimum absolute atomic E-state index is 0.0195. The summed E-state index contributed by atoms with van der Waals surface area (Å²) in [6.07, 6.45) is 0. The summed E-state index contributed by atoms with van der Waals surface area (Å²) in [4.78, 5) is 12.5. The quantitative estimate of drug-likeness (QED) is 0.826. The summed E-state index contributed by atoms with van der Waals surface area (Å²) >= 11 is 0. The fourth-order valence-corrected chi connectivity index (χ4v) is 2.37. The highest BCUT2D eigenvalue weighted by Crippen LogP contribution is 2.29. The van der Waals surface area contributed by atoms with Gasteiger partial charge in [-0.15, -0.1) is 0 Å². The van der Waals surface area contributed by atoms with Crippen molar-refractivity contribution in [1.29, 1.82) is 0 Å². The number of carbonyl (C=O) groups excluding carboxylic acids is 1. The Morgan fingerprint density at radius 1 is 1.28 bits per heavy atom. The van der Waals surface area contributed by atoms with E-state index in [1.54, 1.807) is 32.4 Å². The Hall–Kier alpha value is -1.55. The molecule has 0 aliphatic carbocycles. The van der Waals surface area contributed by atoms with Crippen LogP contribution >= 0.6 is 0 Å². The first-order valence-corrected chi connectivity index (χ1v) is 6.14. The van der Waals surface area contributed by atoms with Crippen LogP contribution in [0.15, 0.2) is 18.2 Å². The molecule has 98 valence electrons. The maximum atomic E-state index is 12.5. The maximum Gasteiger partial charge on any atom is 0.171 e. The second kappa shape index (κ2) is 5.40. The van der Waals surface area contributed by atoms with Gasteiger partial charge in [0.2, 0.25) is 0 Å². The van der Waals surface area contributed by atoms with E-state index in [1.807, 2.05) is 0 Å². The topological polar surface area (TPSA) is 47.6 Å². The zero-order valence-corrected chi connectivity index (χ0v) is 11.0. The lowest BCUT2D eigenvalue weighted by Gasteiger charge is -2.15. The summed E-state index contributed by atoms with van der Waals surface area (Å²) in [6, 6.07) is 5.33. The first-order chi connectivity index (χ1) is 8.67. The van der Waals surface area contributed by atoms with Gasteiger partial charge in [0.25, 0.3) is 0 Å². The van der Waals surface area contributed by atoms with Crippen LogP contribution in [0.1, 0.15) is 17.3 Å². The lowest BCUT2D eigenvalue weighted by atomic mass is 9.89. The first kappa shape index (κ1) is 12.9. The van der Waals surface area contributed by atoms with E-state index in [-0.39, 0.29) is 11.7 Å². The second-order valence-electron chi connectivity index (χ2n) is 4.67. The number of benzene rings is 1. The third-order valence-corrected chi connectivity index (χ3v) is 3.53. The van der Waals surface area contributed by atoms with Crippen molar-refractivity contribution in [3.8, 4) is 11.5 Å². The zero-order valence-electron chi connectivity index (χ0n) is 11.0. The Morgan fingerprint density at radius 2 is 2.06 bits per heavy atom. The molecule has 1 N–H and O–H groups in total. The van der Waals surface area contributed by atoms with Gasteiger partial charge in [0.1, 0.15) is 11.5 Å². The van der Waals surface area contributed by atoms with Gasteiger partial charge in [-0.1, -0.05) is 6.92 Å². The Morgan fingerprint density at radius 3 is 2.61 bits per heavy atom. The van der Waals surface area contributed by atoms with E-state index in [0.29, 0.717) is 23.0 Å². The summed E-state index contributed by atoms with van der Waals surface area (Å²) in [5.41, 5.74) is 0.609. The van der Waals surface area contributed by atoms with Crippen LogP contribution < -0.4 is 14.8 Å². The van der Waals surface area contributed by atoms with Crippen molar-refractivity contribution in [2.45, 2.75) is 6.92 Å². The zero-order chi connectivity index (χ0) is 13.1. The van der Waals surface area contributed by atoms with Gasteiger partial charge in [0.15, 0.2) is 5.78 Å². The predicted octanol–water partition coefficient (Wildman–Crippen LogP) is 1.74. The fourth-order valence-electron chi connectivity index (χ4n) is 2.37. The molecule has 4 heteroatoms. The number of hydrogen-bond acceptors (Lipinski definition) is 4. The SMILES string of the molecule is COc1ccc(OC)c(C(=O)C2CNCC2C)c1. The number of rotatable bonds is 4. The molecule has 4 nitrogen and oxygen atoms in total. The van der Waals surface area contributed by atoms with Crippen LogP contribution in [0, 0.1) is 11.8 Å². The van der Waals surface area contributed by atoms with E-state index in [4.69, 9.17) is 9.47 Å². The third-order valence-electron chi connectivity index (χ3n) is 3.53. The van der Waals surface area contributed by atoms with Crippen molar-refractivity contribution in [3.63, 3.8) is 0 Å². The van der Waals surface area contributed by atoms with Gasteiger partial charge in [-0.3, -0.25) is 4.79 Å². The molecule has 0 aromatic heterocycles. The van der Waals surface area contributed by atoms with Gasteiger partial charge in [0, 0.05) is 12.5 Å². The number of carbonyl (C=O) groups is 1. The van der Waals surface area contributed by atoms with Gasteiger partial charge in [0.05, 0.1) is 19.8 Å². The van der Waals surface area contributed by atoms with Crippen LogP contribution in [0.2, 0.25) is 0 Å². The number of Topliss-reactive ketones (excluding diaryl/α,β-unsaturated/α-hetero) is 1. The summed E-state index contributed by atoms with van der Waals surface area (Å²) < 4.78 is 10.4. The van der Waals surface area contributed by atoms with Crippen LogP contribution in [0.5, 0.6) is 11.5 Å². The lowest BCUT2D eigenvalue weighted by molar-refractivity contribution is 0.0904. The Kier molecular flexibility index (Phi) is 3.87.